The van der Waals surface area contributed by atoms with Gasteiger partial charge in [-0.3, -0.25) is 0 Å². The Balaban J connectivity index is 2.71. The summed E-state index contributed by atoms with van der Waals surface area (Å²) in [5, 5.41) is 4.56. The van der Waals surface area contributed by atoms with Crippen molar-refractivity contribution in [2.75, 3.05) is 19.8 Å². The average Bonchev–Trinajstić information content (AvgIpc) is 2.37. The normalized spacial score (nSPS) is 11.7. The summed E-state index contributed by atoms with van der Waals surface area (Å²) in [6.45, 7) is 10.8. The molecule has 3 nitrogen and oxygen atoms in total. The molecule has 0 spiro atoms. The highest BCUT2D eigenvalue weighted by Crippen LogP contribution is 2.32. The lowest BCUT2D eigenvalue weighted by Crippen LogP contribution is -2.35. The Kier molecular flexibility index (Phi) is 7.82. The Labute approximate surface area is 137 Å². The summed E-state index contributed by atoms with van der Waals surface area (Å²) in [7, 11) is 0. The molecule has 0 fully saturated rings. The van der Waals surface area contributed by atoms with Gasteiger partial charge in [0.15, 0.2) is 0 Å². The first kappa shape index (κ1) is 18.6. The Morgan fingerprint density at radius 3 is 2.43 bits per heavy atom. The van der Waals surface area contributed by atoms with Gasteiger partial charge in [-0.15, -0.1) is 0 Å². The molecular weight excluding hydrogens is 309 g/mol. The monoisotopic (exact) mass is 333 g/mol. The smallest absolute Gasteiger partial charge is 0.142 e. The third kappa shape index (κ3) is 7.37. The van der Waals surface area contributed by atoms with Crippen molar-refractivity contribution >= 4 is 23.2 Å². The van der Waals surface area contributed by atoms with Crippen LogP contribution in [0.2, 0.25) is 10.0 Å². The predicted molar refractivity (Wildman–Crippen MR) is 89.7 cm³/mol. The largest absolute Gasteiger partial charge is 0.489 e. The maximum atomic E-state index is 6.25. The van der Waals surface area contributed by atoms with Gasteiger partial charge in [0.05, 0.1) is 11.6 Å². The topological polar surface area (TPSA) is 30.5 Å². The molecule has 1 aromatic rings. The minimum absolute atomic E-state index is 0.0102. The molecule has 1 N–H and O–H groups in total. The quantitative estimate of drug-likeness (QED) is 0.700. The van der Waals surface area contributed by atoms with Crippen LogP contribution in [0.3, 0.4) is 0 Å². The molecule has 0 aliphatic rings. The molecule has 1 rings (SSSR count). The van der Waals surface area contributed by atoms with Crippen molar-refractivity contribution in [2.24, 2.45) is 0 Å². The number of ether oxygens (including phenoxy) is 2. The van der Waals surface area contributed by atoms with E-state index >= 15 is 0 Å². The standard InChI is InChI=1S/C16H25Cl2NO2/c1-5-6-20-7-8-21-15-12(11-19-16(2,3)4)9-13(17)10-14(15)18/h9-10,19H,5-8,11H2,1-4H3. The molecule has 0 bridgehead atoms. The Bertz CT molecular complexity index is 445. The van der Waals surface area contributed by atoms with E-state index in [9.17, 15) is 0 Å². The van der Waals surface area contributed by atoms with Gasteiger partial charge in [-0.25, -0.2) is 0 Å². The number of hydrogen-bond donors (Lipinski definition) is 1. The molecule has 0 radical (unpaired) electrons. The summed E-state index contributed by atoms with van der Waals surface area (Å²) in [6.07, 6.45) is 1.00. The van der Waals surface area contributed by atoms with Crippen molar-refractivity contribution in [1.82, 2.24) is 5.32 Å². The number of benzene rings is 1. The second kappa shape index (κ2) is 8.84. The predicted octanol–water partition coefficient (Wildman–Crippen LogP) is 4.69. The van der Waals surface area contributed by atoms with Crippen LogP contribution < -0.4 is 10.1 Å². The van der Waals surface area contributed by atoms with Crippen LogP contribution in [0.5, 0.6) is 5.75 Å². The highest BCUT2D eigenvalue weighted by Gasteiger charge is 2.14. The van der Waals surface area contributed by atoms with Gasteiger partial charge in [-0.2, -0.15) is 0 Å². The second-order valence-corrected chi connectivity index (χ2v) is 6.78. The van der Waals surface area contributed by atoms with Crippen molar-refractivity contribution in [2.45, 2.75) is 46.2 Å². The lowest BCUT2D eigenvalue weighted by Gasteiger charge is -2.22. The zero-order valence-electron chi connectivity index (χ0n) is 13.3. The van der Waals surface area contributed by atoms with E-state index in [4.69, 9.17) is 32.7 Å². The van der Waals surface area contributed by atoms with Crippen LogP contribution in [0.1, 0.15) is 39.7 Å². The molecule has 0 amide bonds. The summed E-state index contributed by atoms with van der Waals surface area (Å²) < 4.78 is 11.2. The van der Waals surface area contributed by atoms with E-state index in [-0.39, 0.29) is 5.54 Å². The highest BCUT2D eigenvalue weighted by atomic mass is 35.5. The first-order chi connectivity index (χ1) is 9.83. The van der Waals surface area contributed by atoms with Crippen molar-refractivity contribution in [3.63, 3.8) is 0 Å². The van der Waals surface area contributed by atoms with Gasteiger partial charge in [0.2, 0.25) is 0 Å². The van der Waals surface area contributed by atoms with Crippen molar-refractivity contribution in [3.05, 3.63) is 27.7 Å². The van der Waals surface area contributed by atoms with Gasteiger partial charge in [0.1, 0.15) is 12.4 Å². The minimum Gasteiger partial charge on any atom is -0.489 e. The Morgan fingerprint density at radius 2 is 1.81 bits per heavy atom. The maximum absolute atomic E-state index is 6.25. The third-order valence-electron chi connectivity index (χ3n) is 2.72. The number of halogens is 2. The van der Waals surface area contributed by atoms with Crippen molar-refractivity contribution in [1.29, 1.82) is 0 Å². The molecule has 1 aromatic carbocycles. The van der Waals surface area contributed by atoms with E-state index in [1.165, 1.54) is 0 Å². The zero-order valence-corrected chi connectivity index (χ0v) is 14.8. The summed E-state index contributed by atoms with van der Waals surface area (Å²) in [6, 6.07) is 3.58. The van der Waals surface area contributed by atoms with Crippen LogP contribution in [-0.4, -0.2) is 25.4 Å². The molecule has 0 heterocycles. The highest BCUT2D eigenvalue weighted by molar-refractivity contribution is 6.35. The van der Waals surface area contributed by atoms with E-state index < -0.39 is 0 Å². The maximum Gasteiger partial charge on any atom is 0.142 e. The Hall–Kier alpha value is -0.480. The zero-order chi connectivity index (χ0) is 15.9. The van der Waals surface area contributed by atoms with Gasteiger partial charge in [0, 0.05) is 29.3 Å². The fourth-order valence-corrected chi connectivity index (χ4v) is 2.31. The number of nitrogens with one attached hydrogen (secondary N) is 1. The van der Waals surface area contributed by atoms with Crippen LogP contribution in [0.25, 0.3) is 0 Å². The summed E-state index contributed by atoms with van der Waals surface area (Å²) in [5.41, 5.74) is 0.967. The van der Waals surface area contributed by atoms with E-state index in [0.29, 0.717) is 35.6 Å². The Morgan fingerprint density at radius 1 is 1.10 bits per heavy atom. The van der Waals surface area contributed by atoms with Gasteiger partial charge >= 0.3 is 0 Å². The minimum atomic E-state index is 0.0102. The van der Waals surface area contributed by atoms with Gasteiger partial charge < -0.3 is 14.8 Å². The number of rotatable bonds is 8. The molecule has 120 valence electrons. The lowest BCUT2D eigenvalue weighted by molar-refractivity contribution is 0.100. The van der Waals surface area contributed by atoms with E-state index in [2.05, 4.69) is 33.0 Å². The molecule has 0 atom stereocenters. The molecule has 21 heavy (non-hydrogen) atoms. The van der Waals surface area contributed by atoms with E-state index in [1.54, 1.807) is 6.07 Å². The fraction of sp³-hybridized carbons (Fsp3) is 0.625. The van der Waals surface area contributed by atoms with Crippen LogP contribution in [-0.2, 0) is 11.3 Å². The SMILES string of the molecule is CCCOCCOc1c(Cl)cc(Cl)cc1CNC(C)(C)C. The first-order valence-corrected chi connectivity index (χ1v) is 8.02. The summed E-state index contributed by atoms with van der Waals surface area (Å²) in [5.74, 6) is 0.679. The van der Waals surface area contributed by atoms with Crippen LogP contribution in [0, 0.1) is 0 Å². The van der Waals surface area contributed by atoms with E-state index in [1.807, 2.05) is 6.07 Å². The summed E-state index contributed by atoms with van der Waals surface area (Å²) in [4.78, 5) is 0. The molecule has 0 aliphatic carbocycles. The fourth-order valence-electron chi connectivity index (χ4n) is 1.72. The number of hydrogen-bond acceptors (Lipinski definition) is 3. The average molecular weight is 334 g/mol. The molecule has 0 aliphatic heterocycles. The van der Waals surface area contributed by atoms with Gasteiger partial charge in [-0.1, -0.05) is 30.1 Å². The first-order valence-electron chi connectivity index (χ1n) is 7.27. The molecule has 0 saturated carbocycles. The van der Waals surface area contributed by atoms with Crippen LogP contribution >= 0.6 is 23.2 Å². The van der Waals surface area contributed by atoms with Crippen LogP contribution in [0.15, 0.2) is 12.1 Å². The second-order valence-electron chi connectivity index (χ2n) is 5.94. The molecule has 0 saturated heterocycles. The summed E-state index contributed by atoms with van der Waals surface area (Å²) >= 11 is 12.3. The third-order valence-corrected chi connectivity index (χ3v) is 3.22. The van der Waals surface area contributed by atoms with Crippen molar-refractivity contribution in [3.8, 4) is 5.75 Å². The van der Waals surface area contributed by atoms with Crippen LogP contribution in [0.4, 0.5) is 0 Å². The molecule has 0 unspecified atom stereocenters. The van der Waals surface area contributed by atoms with E-state index in [0.717, 1.165) is 18.6 Å². The molecule has 5 heteroatoms. The van der Waals surface area contributed by atoms with Gasteiger partial charge in [-0.05, 0) is 39.3 Å². The van der Waals surface area contributed by atoms with Crippen molar-refractivity contribution < 1.29 is 9.47 Å². The molecule has 0 aromatic heterocycles. The van der Waals surface area contributed by atoms with Gasteiger partial charge in [0.25, 0.3) is 0 Å². The lowest BCUT2D eigenvalue weighted by atomic mass is 10.1. The molecular formula is C16H25Cl2NO2.